The highest BCUT2D eigenvalue weighted by Gasteiger charge is 2.34. The summed E-state index contributed by atoms with van der Waals surface area (Å²) in [5.74, 6) is 1.13. The van der Waals surface area contributed by atoms with Crippen molar-refractivity contribution < 1.29 is 18.4 Å². The molecule has 1 aliphatic heterocycles. The van der Waals surface area contributed by atoms with E-state index >= 15 is 0 Å². The van der Waals surface area contributed by atoms with Crippen LogP contribution in [0.3, 0.4) is 0 Å². The van der Waals surface area contributed by atoms with Crippen molar-refractivity contribution in [3.05, 3.63) is 71.4 Å². The Hall–Kier alpha value is -3.75. The molecule has 0 saturated carbocycles. The van der Waals surface area contributed by atoms with E-state index in [1.807, 2.05) is 19.1 Å². The molecule has 0 spiro atoms. The van der Waals surface area contributed by atoms with Crippen molar-refractivity contribution >= 4 is 16.9 Å². The maximum Gasteiger partial charge on any atom is 0.276 e. The molecular formula is C22H20FN5O3. The number of benzene rings is 1. The van der Waals surface area contributed by atoms with Gasteiger partial charge in [0.25, 0.3) is 5.91 Å². The number of H-pyrrole nitrogens is 1. The summed E-state index contributed by atoms with van der Waals surface area (Å²) in [6.07, 6.45) is 3.24. The van der Waals surface area contributed by atoms with Gasteiger partial charge in [-0.3, -0.25) is 9.78 Å². The van der Waals surface area contributed by atoms with Gasteiger partial charge in [0.15, 0.2) is 11.5 Å². The summed E-state index contributed by atoms with van der Waals surface area (Å²) >= 11 is 0. The Bertz CT molecular complexity index is 1230. The summed E-state index contributed by atoms with van der Waals surface area (Å²) in [7, 11) is 0. The lowest BCUT2D eigenvalue weighted by molar-refractivity contribution is 0.0719. The second-order valence-corrected chi connectivity index (χ2v) is 7.54. The van der Waals surface area contributed by atoms with Crippen molar-refractivity contribution in [1.29, 1.82) is 0 Å². The summed E-state index contributed by atoms with van der Waals surface area (Å²) in [6, 6.07) is 9.44. The maximum absolute atomic E-state index is 13.5. The zero-order chi connectivity index (χ0) is 21.4. The van der Waals surface area contributed by atoms with Gasteiger partial charge in [-0.25, -0.2) is 9.37 Å². The van der Waals surface area contributed by atoms with Crippen LogP contribution < -0.4 is 4.74 Å². The summed E-state index contributed by atoms with van der Waals surface area (Å²) < 4.78 is 24.4. The van der Waals surface area contributed by atoms with E-state index in [9.17, 15) is 9.18 Å². The molecule has 1 fully saturated rings. The number of pyridine rings is 1. The number of aryl methyl sites for hydroxylation is 1. The molecule has 1 saturated heterocycles. The monoisotopic (exact) mass is 421 g/mol. The third kappa shape index (κ3) is 3.86. The second kappa shape index (κ2) is 7.82. The fourth-order valence-corrected chi connectivity index (χ4v) is 3.78. The van der Waals surface area contributed by atoms with Gasteiger partial charge in [0.2, 0.25) is 0 Å². The Kier molecular flexibility index (Phi) is 4.85. The van der Waals surface area contributed by atoms with Crippen molar-refractivity contribution in [2.75, 3.05) is 6.54 Å². The molecule has 5 rings (SSSR count). The standard InChI is InChI=1S/C22H20FN5O3/c1-13-4-6-15(11-24-13)30-12-16-10-19(27-31-16)22(29)28-8-2-3-20(28)21-25-17-7-5-14(23)9-18(17)26-21/h4-7,9-11,20H,2-3,8,12H2,1H3,(H,25,26). The molecule has 1 amide bonds. The fourth-order valence-electron chi connectivity index (χ4n) is 3.78. The molecule has 4 heterocycles. The number of likely N-dealkylation sites (tertiary alicyclic amines) is 1. The van der Waals surface area contributed by atoms with E-state index in [0.717, 1.165) is 18.5 Å². The average molecular weight is 421 g/mol. The maximum atomic E-state index is 13.5. The summed E-state index contributed by atoms with van der Waals surface area (Å²) in [5.41, 5.74) is 2.40. The van der Waals surface area contributed by atoms with Crippen molar-refractivity contribution in [2.45, 2.75) is 32.4 Å². The van der Waals surface area contributed by atoms with Crippen molar-refractivity contribution in [3.63, 3.8) is 0 Å². The van der Waals surface area contributed by atoms with E-state index in [-0.39, 0.29) is 30.1 Å². The Morgan fingerprint density at radius 2 is 2.23 bits per heavy atom. The van der Waals surface area contributed by atoms with Crippen LogP contribution in [0.4, 0.5) is 4.39 Å². The molecule has 1 aromatic carbocycles. The predicted octanol–water partition coefficient (Wildman–Crippen LogP) is 3.95. The van der Waals surface area contributed by atoms with Crippen LogP contribution in [-0.2, 0) is 6.61 Å². The highest BCUT2D eigenvalue weighted by Crippen LogP contribution is 2.32. The van der Waals surface area contributed by atoms with Gasteiger partial charge < -0.3 is 19.1 Å². The zero-order valence-electron chi connectivity index (χ0n) is 16.8. The van der Waals surface area contributed by atoms with Crippen LogP contribution >= 0.6 is 0 Å². The predicted molar refractivity (Wildman–Crippen MR) is 109 cm³/mol. The van der Waals surface area contributed by atoms with E-state index in [0.29, 0.717) is 34.9 Å². The van der Waals surface area contributed by atoms with Crippen molar-refractivity contribution in [1.82, 2.24) is 25.0 Å². The van der Waals surface area contributed by atoms with Gasteiger partial charge >= 0.3 is 0 Å². The van der Waals surface area contributed by atoms with Gasteiger partial charge in [-0.05, 0) is 50.1 Å². The second-order valence-electron chi connectivity index (χ2n) is 7.54. The number of amides is 1. The molecule has 3 aromatic heterocycles. The largest absolute Gasteiger partial charge is 0.484 e. The van der Waals surface area contributed by atoms with E-state index in [1.54, 1.807) is 23.2 Å². The topological polar surface area (TPSA) is 97.1 Å². The molecule has 1 unspecified atom stereocenters. The summed E-state index contributed by atoms with van der Waals surface area (Å²) in [6.45, 7) is 2.62. The summed E-state index contributed by atoms with van der Waals surface area (Å²) in [4.78, 5) is 26.7. The molecule has 1 N–H and O–H groups in total. The first-order valence-corrected chi connectivity index (χ1v) is 10.0. The van der Waals surface area contributed by atoms with Crippen molar-refractivity contribution in [3.8, 4) is 5.75 Å². The number of imidazole rings is 1. The SMILES string of the molecule is Cc1ccc(OCc2cc(C(=O)N3CCCC3c3nc4ccc(F)cc4[nH]3)no2)cn1. The number of hydrogen-bond acceptors (Lipinski definition) is 6. The minimum atomic E-state index is -0.333. The third-order valence-electron chi connectivity index (χ3n) is 5.33. The molecule has 8 nitrogen and oxygen atoms in total. The van der Waals surface area contributed by atoms with Gasteiger partial charge in [0, 0.05) is 18.3 Å². The fraction of sp³-hybridized carbons (Fsp3) is 0.273. The number of aromatic nitrogens is 4. The number of halogens is 1. The minimum Gasteiger partial charge on any atom is -0.484 e. The lowest BCUT2D eigenvalue weighted by Crippen LogP contribution is -2.31. The molecule has 1 aliphatic rings. The van der Waals surface area contributed by atoms with Crippen LogP contribution in [0, 0.1) is 12.7 Å². The van der Waals surface area contributed by atoms with Crippen LogP contribution in [-0.4, -0.2) is 37.5 Å². The molecule has 4 aromatic rings. The summed E-state index contributed by atoms with van der Waals surface area (Å²) in [5, 5.41) is 3.93. The number of hydrogen-bond donors (Lipinski definition) is 1. The normalized spacial score (nSPS) is 16.2. The zero-order valence-corrected chi connectivity index (χ0v) is 16.8. The molecule has 158 valence electrons. The van der Waals surface area contributed by atoms with Gasteiger partial charge in [0.1, 0.15) is 24.0 Å². The van der Waals surface area contributed by atoms with Crippen LogP contribution in [0.2, 0.25) is 0 Å². The third-order valence-corrected chi connectivity index (χ3v) is 5.33. The van der Waals surface area contributed by atoms with Crippen LogP contribution in [0.1, 0.15) is 46.7 Å². The van der Waals surface area contributed by atoms with Crippen LogP contribution in [0.5, 0.6) is 5.75 Å². The number of nitrogens with zero attached hydrogens (tertiary/aromatic N) is 4. The number of rotatable bonds is 5. The Balaban J connectivity index is 1.30. The first-order chi connectivity index (χ1) is 15.1. The van der Waals surface area contributed by atoms with Gasteiger partial charge in [-0.1, -0.05) is 5.16 Å². The highest BCUT2D eigenvalue weighted by molar-refractivity contribution is 5.92. The molecule has 0 bridgehead atoms. The van der Waals surface area contributed by atoms with E-state index in [1.165, 1.54) is 12.1 Å². The first-order valence-electron chi connectivity index (χ1n) is 10.0. The lowest BCUT2D eigenvalue weighted by Gasteiger charge is -2.21. The highest BCUT2D eigenvalue weighted by atomic mass is 19.1. The molecule has 31 heavy (non-hydrogen) atoms. The molecule has 1 atom stereocenters. The van der Waals surface area contributed by atoms with Gasteiger partial charge in [-0.15, -0.1) is 0 Å². The molecule has 9 heteroatoms. The Morgan fingerprint density at radius 1 is 1.32 bits per heavy atom. The van der Waals surface area contributed by atoms with E-state index in [4.69, 9.17) is 9.26 Å². The molecular weight excluding hydrogens is 401 g/mol. The number of fused-ring (bicyclic) bond motifs is 1. The van der Waals surface area contributed by atoms with E-state index < -0.39 is 0 Å². The number of carbonyl (C=O) groups is 1. The Labute approximate surface area is 177 Å². The number of aromatic amines is 1. The van der Waals surface area contributed by atoms with Gasteiger partial charge in [0.05, 0.1) is 23.3 Å². The van der Waals surface area contributed by atoms with Crippen LogP contribution in [0.25, 0.3) is 11.0 Å². The number of ether oxygens (including phenoxy) is 1. The number of nitrogens with one attached hydrogen (secondary N) is 1. The smallest absolute Gasteiger partial charge is 0.276 e. The average Bonchev–Trinajstić information content (AvgIpc) is 3.51. The first kappa shape index (κ1) is 19.2. The van der Waals surface area contributed by atoms with Crippen LogP contribution in [0.15, 0.2) is 47.1 Å². The quantitative estimate of drug-likeness (QED) is 0.524. The van der Waals surface area contributed by atoms with Crippen molar-refractivity contribution in [2.24, 2.45) is 0 Å². The Morgan fingerprint density at radius 3 is 3.06 bits per heavy atom. The minimum absolute atomic E-state index is 0.142. The lowest BCUT2D eigenvalue weighted by atomic mass is 10.2. The van der Waals surface area contributed by atoms with Gasteiger partial charge in [-0.2, -0.15) is 0 Å². The molecule has 0 radical (unpaired) electrons. The number of carbonyl (C=O) groups excluding carboxylic acids is 1. The molecule has 0 aliphatic carbocycles. The van der Waals surface area contributed by atoms with E-state index in [2.05, 4.69) is 20.1 Å².